The fraction of sp³-hybridized carbons (Fsp3) is 1.00. The number of hydrogen-bond acceptors (Lipinski definition) is 2. The predicted molar refractivity (Wildman–Crippen MR) is 77.9 cm³/mol. The van der Waals surface area contributed by atoms with Gasteiger partial charge in [0, 0.05) is 28.3 Å². The summed E-state index contributed by atoms with van der Waals surface area (Å²) in [6.07, 6.45) is 0.875. The summed E-state index contributed by atoms with van der Waals surface area (Å²) in [6, 6.07) is 0. The number of aliphatic hydroxyl groups is 1. The fourth-order valence-corrected chi connectivity index (χ4v) is 6.00. The van der Waals surface area contributed by atoms with Gasteiger partial charge in [-0.3, -0.25) is 0 Å². The van der Waals surface area contributed by atoms with E-state index < -0.39 is 8.32 Å². The van der Waals surface area contributed by atoms with Crippen LogP contribution in [-0.4, -0.2) is 35.8 Å². The molecule has 0 heterocycles. The smallest absolute Gasteiger partial charge is 0.196 e. The molecular weight excluding hydrogens is 284 g/mol. The van der Waals surface area contributed by atoms with Crippen LogP contribution >= 0.6 is 0 Å². The number of rotatable bonds is 4. The monoisotopic (exact) mass is 318 g/mol. The minimum atomic E-state index is -1.98. The van der Waals surface area contributed by atoms with E-state index >= 15 is 0 Å². The molecule has 0 bridgehead atoms. The van der Waals surface area contributed by atoms with Gasteiger partial charge in [0.15, 0.2) is 8.32 Å². The summed E-state index contributed by atoms with van der Waals surface area (Å²) < 4.78 is 0. The molecule has 0 aromatic carbocycles. The van der Waals surface area contributed by atoms with Gasteiger partial charge in [0.25, 0.3) is 0 Å². The molecule has 4 nitrogen and oxygen atoms in total. The largest absolute Gasteiger partial charge is 0.431 e. The summed E-state index contributed by atoms with van der Waals surface area (Å²) in [4.78, 5) is 10.4. The SMILES string of the molecule is CC(C)[Si](O)(C(C)C)C(C)C.CCCO.O.O.[Ti]. The minimum Gasteiger partial charge on any atom is -0.431 e. The van der Waals surface area contributed by atoms with Gasteiger partial charge in [0.2, 0.25) is 0 Å². The number of aliphatic hydroxyl groups excluding tert-OH is 1. The van der Waals surface area contributed by atoms with E-state index in [4.69, 9.17) is 5.11 Å². The van der Waals surface area contributed by atoms with Gasteiger partial charge < -0.3 is 20.9 Å². The zero-order chi connectivity index (χ0) is 12.6. The summed E-state index contributed by atoms with van der Waals surface area (Å²) in [5.41, 5.74) is 1.42. The molecule has 114 valence electrons. The molecule has 0 unspecified atom stereocenters. The van der Waals surface area contributed by atoms with Crippen LogP contribution in [0, 0.1) is 0 Å². The van der Waals surface area contributed by atoms with Gasteiger partial charge in [-0.25, -0.2) is 0 Å². The van der Waals surface area contributed by atoms with E-state index in [2.05, 4.69) is 41.5 Å². The molecule has 6 N–H and O–H groups in total. The molecule has 0 saturated carbocycles. The van der Waals surface area contributed by atoms with Crippen molar-refractivity contribution in [2.45, 2.75) is 71.5 Å². The van der Waals surface area contributed by atoms with Gasteiger partial charge >= 0.3 is 0 Å². The Balaban J connectivity index is -0.0000000712. The fourth-order valence-electron chi connectivity index (χ4n) is 2.00. The Kier molecular flexibility index (Phi) is 27.5. The molecular formula is C12H34O4SiTi. The Morgan fingerprint density at radius 2 is 1.00 bits per heavy atom. The van der Waals surface area contributed by atoms with Crippen LogP contribution in [0.25, 0.3) is 0 Å². The molecule has 0 spiro atoms. The van der Waals surface area contributed by atoms with Crippen LogP contribution in [0.3, 0.4) is 0 Å². The van der Waals surface area contributed by atoms with Crippen LogP contribution in [0.15, 0.2) is 0 Å². The van der Waals surface area contributed by atoms with Crippen molar-refractivity contribution in [3.8, 4) is 0 Å². The third kappa shape index (κ3) is 10.7. The first-order valence-corrected chi connectivity index (χ1v) is 8.26. The maximum absolute atomic E-state index is 10.4. The van der Waals surface area contributed by atoms with Crippen LogP contribution in [0.2, 0.25) is 16.6 Å². The van der Waals surface area contributed by atoms with Crippen molar-refractivity contribution in [2.24, 2.45) is 0 Å². The van der Waals surface area contributed by atoms with E-state index in [1.165, 1.54) is 0 Å². The Labute approximate surface area is 129 Å². The molecule has 0 amide bonds. The molecule has 0 aromatic heterocycles. The average Bonchev–Trinajstić information content (AvgIpc) is 2.15. The van der Waals surface area contributed by atoms with Crippen molar-refractivity contribution in [3.63, 3.8) is 0 Å². The van der Waals surface area contributed by atoms with Gasteiger partial charge in [0.05, 0.1) is 0 Å². The van der Waals surface area contributed by atoms with Gasteiger partial charge in [-0.15, -0.1) is 0 Å². The zero-order valence-electron chi connectivity index (χ0n) is 13.0. The minimum absolute atomic E-state index is 0. The standard InChI is InChI=1S/C9H22OSi.C3H8O.2H2O.Ti/c1-7(2)11(10,8(3)4)9(5)6;1-2-3-4;;;/h7-10H,1-6H3;4H,2-3H2,1H3;2*1H2;. The van der Waals surface area contributed by atoms with E-state index in [1.54, 1.807) is 0 Å². The third-order valence-electron chi connectivity index (χ3n) is 3.00. The normalized spacial score (nSPS) is 10.0. The van der Waals surface area contributed by atoms with Crippen LogP contribution in [0.1, 0.15) is 54.9 Å². The molecule has 0 aliphatic rings. The van der Waals surface area contributed by atoms with Crippen molar-refractivity contribution >= 4 is 8.32 Å². The number of hydrogen-bond donors (Lipinski definition) is 2. The summed E-state index contributed by atoms with van der Waals surface area (Å²) in [5, 5.41) is 7.88. The molecule has 0 rings (SSSR count). The van der Waals surface area contributed by atoms with E-state index in [1.807, 2.05) is 6.92 Å². The summed E-state index contributed by atoms with van der Waals surface area (Å²) in [7, 11) is -1.98. The van der Waals surface area contributed by atoms with E-state index in [0.717, 1.165) is 6.42 Å². The van der Waals surface area contributed by atoms with Crippen LogP contribution in [0.4, 0.5) is 0 Å². The van der Waals surface area contributed by atoms with E-state index in [0.29, 0.717) is 23.2 Å². The summed E-state index contributed by atoms with van der Waals surface area (Å²) in [5.74, 6) is 0. The van der Waals surface area contributed by atoms with Gasteiger partial charge in [0.1, 0.15) is 0 Å². The predicted octanol–water partition coefficient (Wildman–Crippen LogP) is 1.89. The molecule has 0 aromatic rings. The molecule has 0 aliphatic carbocycles. The second kappa shape index (κ2) is 15.8. The maximum atomic E-state index is 10.4. The van der Waals surface area contributed by atoms with Crippen molar-refractivity contribution in [3.05, 3.63) is 0 Å². The van der Waals surface area contributed by atoms with Crippen molar-refractivity contribution < 1.29 is 42.6 Å². The Morgan fingerprint density at radius 1 is 0.833 bits per heavy atom. The average molecular weight is 318 g/mol. The van der Waals surface area contributed by atoms with Gasteiger partial charge in [-0.05, 0) is 23.0 Å². The molecule has 0 atom stereocenters. The van der Waals surface area contributed by atoms with E-state index in [-0.39, 0.29) is 32.7 Å². The summed E-state index contributed by atoms with van der Waals surface area (Å²) >= 11 is 0. The quantitative estimate of drug-likeness (QED) is 0.773. The van der Waals surface area contributed by atoms with Crippen molar-refractivity contribution in [1.29, 1.82) is 0 Å². The molecule has 6 heteroatoms. The second-order valence-electron chi connectivity index (χ2n) is 5.08. The Morgan fingerprint density at radius 3 is 1.00 bits per heavy atom. The first-order chi connectivity index (χ1) is 6.74. The Bertz CT molecular complexity index is 131. The topological polar surface area (TPSA) is 103 Å². The first kappa shape index (κ1) is 31.3. The van der Waals surface area contributed by atoms with Crippen LogP contribution < -0.4 is 0 Å². The molecule has 0 fully saturated rings. The molecule has 0 aliphatic heterocycles. The maximum Gasteiger partial charge on any atom is 0.196 e. The molecule has 18 heavy (non-hydrogen) atoms. The summed E-state index contributed by atoms with van der Waals surface area (Å²) in [6.45, 7) is 15.1. The molecule has 0 radical (unpaired) electrons. The van der Waals surface area contributed by atoms with E-state index in [9.17, 15) is 4.80 Å². The second-order valence-corrected chi connectivity index (χ2v) is 10.3. The van der Waals surface area contributed by atoms with Gasteiger partial charge in [-0.2, -0.15) is 0 Å². The van der Waals surface area contributed by atoms with Crippen LogP contribution in [0.5, 0.6) is 0 Å². The van der Waals surface area contributed by atoms with Crippen molar-refractivity contribution in [2.75, 3.05) is 6.61 Å². The molecule has 0 saturated heterocycles. The third-order valence-corrected chi connectivity index (χ3v) is 8.55. The Hall–Kier alpha value is 0.771. The van der Waals surface area contributed by atoms with Gasteiger partial charge in [-0.1, -0.05) is 48.5 Å². The zero-order valence-corrected chi connectivity index (χ0v) is 15.6. The first-order valence-electron chi connectivity index (χ1n) is 6.08. The van der Waals surface area contributed by atoms with Crippen molar-refractivity contribution in [1.82, 2.24) is 0 Å². The van der Waals surface area contributed by atoms with Crippen LogP contribution in [-0.2, 0) is 21.7 Å².